The van der Waals surface area contributed by atoms with Crippen molar-refractivity contribution in [2.45, 2.75) is 19.6 Å². The van der Waals surface area contributed by atoms with Gasteiger partial charge in [-0.1, -0.05) is 49.2 Å². The molecule has 2 aromatic carbocycles. The number of nitrogens with zero attached hydrogens (tertiary/aromatic N) is 2. The first kappa shape index (κ1) is 20.9. The highest BCUT2D eigenvalue weighted by Gasteiger charge is 2.16. The van der Waals surface area contributed by atoms with Crippen LogP contribution in [0, 0.1) is 11.7 Å². The minimum absolute atomic E-state index is 0.0819. The Balaban J connectivity index is 2.06. The summed E-state index contributed by atoms with van der Waals surface area (Å²) in [5.41, 5.74) is 1.79. The highest BCUT2D eigenvalue weighted by atomic mass is 32.2. The quantitative estimate of drug-likeness (QED) is 0.552. The molecule has 0 aliphatic rings. The Morgan fingerprint density at radius 1 is 1.14 bits per heavy atom. The summed E-state index contributed by atoms with van der Waals surface area (Å²) in [6.07, 6.45) is 1.52. The van der Waals surface area contributed by atoms with Crippen molar-refractivity contribution in [3.63, 3.8) is 0 Å². The van der Waals surface area contributed by atoms with E-state index in [9.17, 15) is 17.9 Å². The molecule has 29 heavy (non-hydrogen) atoms. The van der Waals surface area contributed by atoms with Gasteiger partial charge in [0.25, 0.3) is 0 Å². The standard InChI is InChI=1S/C21H21FN2O4S/c1-14(2)12-28-20-19(16-5-3-15(4-6-16)13-29(26)27)11-23-24(21(20)25)18-9-7-17(22)8-10-18/h3-11,14H,12-13H2,1-2H3,(H,26,27)/p-1. The predicted octanol–water partition coefficient (Wildman–Crippen LogP) is 3.45. The highest BCUT2D eigenvalue weighted by Crippen LogP contribution is 2.27. The normalized spacial score (nSPS) is 12.2. The van der Waals surface area contributed by atoms with E-state index in [0.29, 0.717) is 29.0 Å². The van der Waals surface area contributed by atoms with Crippen LogP contribution < -0.4 is 10.3 Å². The van der Waals surface area contributed by atoms with E-state index in [-0.39, 0.29) is 17.4 Å². The molecule has 0 bridgehead atoms. The van der Waals surface area contributed by atoms with Crippen LogP contribution in [0.2, 0.25) is 0 Å². The van der Waals surface area contributed by atoms with E-state index in [0.717, 1.165) is 4.68 Å². The predicted molar refractivity (Wildman–Crippen MR) is 108 cm³/mol. The molecule has 0 saturated heterocycles. The Labute approximate surface area is 170 Å². The summed E-state index contributed by atoms with van der Waals surface area (Å²) >= 11 is -2.18. The first-order valence-corrected chi connectivity index (χ1v) is 10.3. The molecule has 0 amide bonds. The molecule has 0 fully saturated rings. The molecule has 6 nitrogen and oxygen atoms in total. The summed E-state index contributed by atoms with van der Waals surface area (Å²) in [7, 11) is 0. The van der Waals surface area contributed by atoms with Crippen LogP contribution in [0.4, 0.5) is 4.39 Å². The molecule has 1 heterocycles. The zero-order valence-corrected chi connectivity index (χ0v) is 16.8. The summed E-state index contributed by atoms with van der Waals surface area (Å²) in [5, 5.41) is 4.22. The number of hydrogen-bond donors (Lipinski definition) is 0. The number of halogens is 1. The van der Waals surface area contributed by atoms with Gasteiger partial charge in [0.1, 0.15) is 5.82 Å². The highest BCUT2D eigenvalue weighted by molar-refractivity contribution is 7.78. The molecule has 1 unspecified atom stereocenters. The van der Waals surface area contributed by atoms with Crippen molar-refractivity contribution < 1.29 is 17.9 Å². The van der Waals surface area contributed by atoms with Crippen molar-refractivity contribution in [2.24, 2.45) is 5.92 Å². The molecule has 0 radical (unpaired) electrons. The minimum Gasteiger partial charge on any atom is -0.772 e. The van der Waals surface area contributed by atoms with Gasteiger partial charge in [-0.3, -0.25) is 9.00 Å². The number of hydrogen-bond acceptors (Lipinski definition) is 5. The van der Waals surface area contributed by atoms with E-state index in [1.807, 2.05) is 13.8 Å². The lowest BCUT2D eigenvalue weighted by atomic mass is 10.1. The van der Waals surface area contributed by atoms with Crippen LogP contribution in [0.15, 0.2) is 59.5 Å². The molecule has 0 N–H and O–H groups in total. The van der Waals surface area contributed by atoms with Crippen LogP contribution in [-0.4, -0.2) is 25.1 Å². The van der Waals surface area contributed by atoms with Gasteiger partial charge in [-0.2, -0.15) is 9.78 Å². The topological polar surface area (TPSA) is 84.2 Å². The van der Waals surface area contributed by atoms with Gasteiger partial charge in [-0.15, -0.1) is 0 Å². The summed E-state index contributed by atoms with van der Waals surface area (Å²) in [5.74, 6) is -0.155. The minimum atomic E-state index is -2.18. The average Bonchev–Trinajstić information content (AvgIpc) is 2.68. The van der Waals surface area contributed by atoms with Crippen LogP contribution in [0.3, 0.4) is 0 Å². The van der Waals surface area contributed by atoms with Gasteiger partial charge >= 0.3 is 5.56 Å². The first-order valence-electron chi connectivity index (χ1n) is 9.01. The number of aromatic nitrogens is 2. The van der Waals surface area contributed by atoms with Gasteiger partial charge in [-0.25, -0.2) is 4.39 Å². The van der Waals surface area contributed by atoms with Gasteiger partial charge in [0.2, 0.25) is 0 Å². The monoisotopic (exact) mass is 415 g/mol. The second-order valence-corrected chi connectivity index (χ2v) is 7.83. The van der Waals surface area contributed by atoms with E-state index in [2.05, 4.69) is 5.10 Å². The van der Waals surface area contributed by atoms with Crippen LogP contribution in [-0.2, 0) is 16.8 Å². The van der Waals surface area contributed by atoms with Crippen LogP contribution >= 0.6 is 0 Å². The van der Waals surface area contributed by atoms with E-state index < -0.39 is 22.5 Å². The van der Waals surface area contributed by atoms with Crippen molar-refractivity contribution in [1.82, 2.24) is 9.78 Å². The van der Waals surface area contributed by atoms with E-state index in [4.69, 9.17) is 4.74 Å². The smallest absolute Gasteiger partial charge is 0.314 e. The van der Waals surface area contributed by atoms with Gasteiger partial charge in [-0.05, 0) is 41.3 Å². The van der Waals surface area contributed by atoms with Gasteiger partial charge in [0, 0.05) is 11.3 Å². The lowest BCUT2D eigenvalue weighted by Crippen LogP contribution is -2.24. The number of ether oxygens (including phenoxy) is 1. The van der Waals surface area contributed by atoms with E-state index in [1.165, 1.54) is 30.5 Å². The maximum atomic E-state index is 13.2. The van der Waals surface area contributed by atoms with Crippen molar-refractivity contribution in [3.05, 3.63) is 76.5 Å². The summed E-state index contributed by atoms with van der Waals surface area (Å²) in [4.78, 5) is 13.1. The maximum absolute atomic E-state index is 13.2. The average molecular weight is 415 g/mol. The van der Waals surface area contributed by atoms with Crippen molar-refractivity contribution >= 4 is 11.1 Å². The summed E-state index contributed by atoms with van der Waals surface area (Å²) in [6, 6.07) is 12.3. The lowest BCUT2D eigenvalue weighted by molar-refractivity contribution is 0.267. The maximum Gasteiger partial charge on any atom is 0.314 e. The molecule has 1 aromatic heterocycles. The Morgan fingerprint density at radius 3 is 2.38 bits per heavy atom. The molecule has 0 saturated carbocycles. The van der Waals surface area contributed by atoms with Crippen molar-refractivity contribution in [1.29, 1.82) is 0 Å². The largest absolute Gasteiger partial charge is 0.772 e. The zero-order valence-electron chi connectivity index (χ0n) is 16.0. The number of rotatable bonds is 7. The number of benzene rings is 2. The lowest BCUT2D eigenvalue weighted by Gasteiger charge is -2.15. The van der Waals surface area contributed by atoms with E-state index >= 15 is 0 Å². The third-order valence-corrected chi connectivity index (χ3v) is 4.68. The van der Waals surface area contributed by atoms with Crippen molar-refractivity contribution in [3.8, 4) is 22.6 Å². The Morgan fingerprint density at radius 2 is 1.79 bits per heavy atom. The molecule has 8 heteroatoms. The summed E-state index contributed by atoms with van der Waals surface area (Å²) in [6.45, 7) is 4.28. The molecule has 0 aliphatic carbocycles. The van der Waals surface area contributed by atoms with Gasteiger partial charge < -0.3 is 9.29 Å². The molecule has 3 rings (SSSR count). The van der Waals surface area contributed by atoms with Gasteiger partial charge in [0.15, 0.2) is 5.75 Å². The molecule has 152 valence electrons. The molecule has 0 aliphatic heterocycles. The fraction of sp³-hybridized carbons (Fsp3) is 0.238. The molecular formula is C21H20FN2O4S-. The third-order valence-electron chi connectivity index (χ3n) is 4.12. The zero-order chi connectivity index (χ0) is 21.0. The van der Waals surface area contributed by atoms with Gasteiger partial charge in [0.05, 0.1) is 18.5 Å². The second-order valence-electron chi connectivity index (χ2n) is 6.93. The van der Waals surface area contributed by atoms with Crippen LogP contribution in [0.1, 0.15) is 19.4 Å². The second kappa shape index (κ2) is 9.11. The molecule has 0 spiro atoms. The third kappa shape index (κ3) is 5.16. The Hall–Kier alpha value is -2.84. The Bertz CT molecular complexity index is 1060. The molecule has 1 atom stereocenters. The van der Waals surface area contributed by atoms with Crippen LogP contribution in [0.5, 0.6) is 5.75 Å². The fourth-order valence-electron chi connectivity index (χ4n) is 2.72. The Kier molecular flexibility index (Phi) is 6.56. The molecule has 3 aromatic rings. The van der Waals surface area contributed by atoms with E-state index in [1.54, 1.807) is 24.3 Å². The molecular weight excluding hydrogens is 395 g/mol. The van der Waals surface area contributed by atoms with Crippen LogP contribution in [0.25, 0.3) is 16.8 Å². The first-order chi connectivity index (χ1) is 13.8. The SMILES string of the molecule is CC(C)COc1c(-c2ccc(CS(=O)[O-])cc2)cnn(-c2ccc(F)cc2)c1=O. The van der Waals surface area contributed by atoms with Crippen molar-refractivity contribution in [2.75, 3.05) is 6.61 Å². The summed E-state index contributed by atoms with van der Waals surface area (Å²) < 4.78 is 41.9. The fourth-order valence-corrected chi connectivity index (χ4v) is 3.18.